The van der Waals surface area contributed by atoms with Crippen molar-refractivity contribution in [2.75, 3.05) is 5.32 Å². The van der Waals surface area contributed by atoms with E-state index in [1.54, 1.807) is 24.3 Å². The number of aromatic nitrogens is 1. The first-order chi connectivity index (χ1) is 12.4. The average Bonchev–Trinajstić information content (AvgIpc) is 2.95. The minimum absolute atomic E-state index is 0.0669. The van der Waals surface area contributed by atoms with Gasteiger partial charge < -0.3 is 0 Å². The number of amides is 1. The number of nitrogens with one attached hydrogen (secondary N) is 1. The Morgan fingerprint density at radius 2 is 1.85 bits per heavy atom. The van der Waals surface area contributed by atoms with E-state index >= 15 is 0 Å². The van der Waals surface area contributed by atoms with Gasteiger partial charge in [-0.25, -0.2) is 4.98 Å². The monoisotopic (exact) mass is 431 g/mol. The minimum Gasteiger partial charge on any atom is -0.298 e. The second-order valence-electron chi connectivity index (χ2n) is 5.59. The Labute approximate surface area is 162 Å². The van der Waals surface area contributed by atoms with Crippen molar-refractivity contribution in [3.63, 3.8) is 0 Å². The summed E-state index contributed by atoms with van der Waals surface area (Å²) in [4.78, 5) is 28.0. The van der Waals surface area contributed by atoms with Crippen molar-refractivity contribution in [2.45, 2.75) is 13.3 Å². The Balaban J connectivity index is 1.71. The number of non-ortho nitro benzene ring substituents is 1. The number of nitrogens with zero attached hydrogens (tertiary/aromatic N) is 2. The largest absolute Gasteiger partial charge is 0.298 e. The Morgan fingerprint density at radius 1 is 1.19 bits per heavy atom. The third-order valence-corrected chi connectivity index (χ3v) is 5.33. The molecule has 0 aliphatic heterocycles. The number of nitro benzene ring substituents is 1. The summed E-state index contributed by atoms with van der Waals surface area (Å²) in [6, 6.07) is 13.5. The Morgan fingerprint density at radius 3 is 2.46 bits per heavy atom. The van der Waals surface area contributed by atoms with Gasteiger partial charge >= 0.3 is 0 Å². The lowest BCUT2D eigenvalue weighted by Crippen LogP contribution is -2.11. The van der Waals surface area contributed by atoms with E-state index in [1.807, 2.05) is 19.1 Å². The van der Waals surface area contributed by atoms with Crippen LogP contribution in [-0.2, 0) is 6.42 Å². The number of carbonyl (C=O) groups is 1. The lowest BCUT2D eigenvalue weighted by atomic mass is 10.1. The zero-order valence-corrected chi connectivity index (χ0v) is 16.1. The molecule has 0 fully saturated rings. The fourth-order valence-electron chi connectivity index (χ4n) is 2.34. The number of aryl methyl sites for hydroxylation is 1. The van der Waals surface area contributed by atoms with E-state index in [9.17, 15) is 14.9 Å². The summed E-state index contributed by atoms with van der Waals surface area (Å²) in [5, 5.41) is 14.1. The molecule has 132 valence electrons. The first-order valence-electron chi connectivity index (χ1n) is 7.69. The van der Waals surface area contributed by atoms with Crippen molar-refractivity contribution in [3.05, 3.63) is 84.8 Å². The number of halogens is 1. The minimum atomic E-state index is -0.419. The molecule has 1 aromatic heterocycles. The molecule has 0 aliphatic rings. The summed E-state index contributed by atoms with van der Waals surface area (Å²) in [5.41, 5.74) is 2.41. The van der Waals surface area contributed by atoms with Gasteiger partial charge in [-0.2, -0.15) is 0 Å². The Kier molecular flexibility index (Phi) is 5.43. The highest BCUT2D eigenvalue weighted by Gasteiger charge is 2.13. The Bertz CT molecular complexity index is 953. The lowest BCUT2D eigenvalue weighted by Gasteiger charge is -2.01. The van der Waals surface area contributed by atoms with Gasteiger partial charge in [0.1, 0.15) is 0 Å². The van der Waals surface area contributed by atoms with Gasteiger partial charge in [-0.15, -0.1) is 11.3 Å². The van der Waals surface area contributed by atoms with E-state index in [-0.39, 0.29) is 11.6 Å². The normalized spacial score (nSPS) is 10.5. The maximum atomic E-state index is 12.3. The molecular weight excluding hydrogens is 418 g/mol. The van der Waals surface area contributed by atoms with Crippen LogP contribution in [0.4, 0.5) is 10.8 Å². The van der Waals surface area contributed by atoms with Crippen LogP contribution in [0, 0.1) is 17.0 Å². The fourth-order valence-corrected chi connectivity index (χ4v) is 3.59. The van der Waals surface area contributed by atoms with Gasteiger partial charge in [-0.05, 0) is 36.8 Å². The van der Waals surface area contributed by atoms with Gasteiger partial charge in [0.2, 0.25) is 0 Å². The molecular formula is C18H14BrN3O3S. The van der Waals surface area contributed by atoms with Crippen LogP contribution in [0.2, 0.25) is 0 Å². The SMILES string of the molecule is Cc1nc(NC(=O)c2ccc(Br)cc2)sc1Cc1ccc([N+](=O)[O-])cc1. The van der Waals surface area contributed by atoms with Gasteiger partial charge in [0.05, 0.1) is 10.6 Å². The van der Waals surface area contributed by atoms with Gasteiger partial charge in [0, 0.05) is 33.5 Å². The van der Waals surface area contributed by atoms with E-state index in [4.69, 9.17) is 0 Å². The fraction of sp³-hybridized carbons (Fsp3) is 0.111. The molecule has 6 nitrogen and oxygen atoms in total. The van der Waals surface area contributed by atoms with Crippen molar-refractivity contribution in [3.8, 4) is 0 Å². The number of hydrogen-bond acceptors (Lipinski definition) is 5. The molecule has 1 heterocycles. The van der Waals surface area contributed by atoms with E-state index in [2.05, 4.69) is 26.2 Å². The number of benzene rings is 2. The summed E-state index contributed by atoms with van der Waals surface area (Å²) < 4.78 is 0.907. The number of carbonyl (C=O) groups excluding carboxylic acids is 1. The van der Waals surface area contributed by atoms with Crippen molar-refractivity contribution in [2.24, 2.45) is 0 Å². The highest BCUT2D eigenvalue weighted by Crippen LogP contribution is 2.26. The zero-order valence-electron chi connectivity index (χ0n) is 13.7. The van der Waals surface area contributed by atoms with Crippen LogP contribution in [0.25, 0.3) is 0 Å². The average molecular weight is 432 g/mol. The van der Waals surface area contributed by atoms with Gasteiger partial charge in [0.25, 0.3) is 11.6 Å². The third kappa shape index (κ3) is 4.33. The molecule has 1 N–H and O–H groups in total. The number of thiazole rings is 1. The van der Waals surface area contributed by atoms with E-state index < -0.39 is 4.92 Å². The van der Waals surface area contributed by atoms with Crippen molar-refractivity contribution < 1.29 is 9.72 Å². The molecule has 0 unspecified atom stereocenters. The molecule has 3 rings (SSSR count). The first-order valence-corrected chi connectivity index (χ1v) is 9.30. The van der Waals surface area contributed by atoms with Crippen LogP contribution in [0.1, 0.15) is 26.5 Å². The topological polar surface area (TPSA) is 85.1 Å². The maximum absolute atomic E-state index is 12.3. The summed E-state index contributed by atoms with van der Waals surface area (Å²) in [7, 11) is 0. The lowest BCUT2D eigenvalue weighted by molar-refractivity contribution is -0.384. The molecule has 2 aromatic carbocycles. The van der Waals surface area contributed by atoms with Crippen molar-refractivity contribution >= 4 is 44.0 Å². The predicted octanol–water partition coefficient (Wildman–Crippen LogP) is 4.97. The van der Waals surface area contributed by atoms with Gasteiger partial charge in [-0.1, -0.05) is 28.1 Å². The smallest absolute Gasteiger partial charge is 0.269 e. The molecule has 0 spiro atoms. The van der Waals surface area contributed by atoms with E-state index in [1.165, 1.54) is 23.5 Å². The quantitative estimate of drug-likeness (QED) is 0.456. The van der Waals surface area contributed by atoms with Crippen LogP contribution >= 0.6 is 27.3 Å². The third-order valence-electron chi connectivity index (χ3n) is 3.73. The molecule has 0 radical (unpaired) electrons. The van der Waals surface area contributed by atoms with Crippen molar-refractivity contribution in [1.29, 1.82) is 0 Å². The molecule has 0 saturated heterocycles. The highest BCUT2D eigenvalue weighted by atomic mass is 79.9. The summed E-state index contributed by atoms with van der Waals surface area (Å²) in [5.74, 6) is -0.215. The molecule has 1 amide bonds. The van der Waals surface area contributed by atoms with Crippen LogP contribution in [0.5, 0.6) is 0 Å². The number of rotatable bonds is 5. The number of nitro groups is 1. The van der Waals surface area contributed by atoms with Gasteiger partial charge in [0.15, 0.2) is 5.13 Å². The molecule has 3 aromatic rings. The molecule has 0 aliphatic carbocycles. The molecule has 0 atom stereocenters. The molecule has 0 bridgehead atoms. The second-order valence-corrected chi connectivity index (χ2v) is 7.59. The second kappa shape index (κ2) is 7.76. The van der Waals surface area contributed by atoms with E-state index in [0.29, 0.717) is 17.1 Å². The Hall–Kier alpha value is -2.58. The van der Waals surface area contributed by atoms with Crippen molar-refractivity contribution in [1.82, 2.24) is 4.98 Å². The van der Waals surface area contributed by atoms with E-state index in [0.717, 1.165) is 20.6 Å². The molecule has 8 heteroatoms. The van der Waals surface area contributed by atoms with Crippen LogP contribution < -0.4 is 5.32 Å². The summed E-state index contributed by atoms with van der Waals surface area (Å²) >= 11 is 4.74. The maximum Gasteiger partial charge on any atom is 0.269 e. The standard InChI is InChI=1S/C18H14BrN3O3S/c1-11-16(10-12-2-8-15(9-3-12)22(24)25)26-18(20-11)21-17(23)13-4-6-14(19)7-5-13/h2-9H,10H2,1H3,(H,20,21,23). The number of anilines is 1. The molecule has 0 saturated carbocycles. The number of hydrogen-bond donors (Lipinski definition) is 1. The van der Waals surface area contributed by atoms with Crippen LogP contribution in [0.3, 0.4) is 0 Å². The predicted molar refractivity (Wildman–Crippen MR) is 105 cm³/mol. The molecule has 26 heavy (non-hydrogen) atoms. The first kappa shape index (κ1) is 18.2. The van der Waals surface area contributed by atoms with Crippen LogP contribution in [0.15, 0.2) is 53.0 Å². The van der Waals surface area contributed by atoms with Gasteiger partial charge in [-0.3, -0.25) is 20.2 Å². The summed E-state index contributed by atoms with van der Waals surface area (Å²) in [6.07, 6.45) is 0.607. The zero-order chi connectivity index (χ0) is 18.7. The highest BCUT2D eigenvalue weighted by molar-refractivity contribution is 9.10. The summed E-state index contributed by atoms with van der Waals surface area (Å²) in [6.45, 7) is 1.88. The van der Waals surface area contributed by atoms with Crippen LogP contribution in [-0.4, -0.2) is 15.8 Å².